The molecule has 20 heavy (non-hydrogen) atoms. The van der Waals surface area contributed by atoms with Crippen LogP contribution in [0.4, 0.5) is 15.8 Å². The van der Waals surface area contributed by atoms with Crippen LogP contribution in [0.1, 0.15) is 17.9 Å². The highest BCUT2D eigenvalue weighted by Gasteiger charge is 2.43. The van der Waals surface area contributed by atoms with Crippen LogP contribution in [0, 0.1) is 11.7 Å². The fourth-order valence-electron chi connectivity index (χ4n) is 2.42. The van der Waals surface area contributed by atoms with E-state index in [1.165, 1.54) is 23.8 Å². The molecule has 0 aliphatic heterocycles. The van der Waals surface area contributed by atoms with Gasteiger partial charge in [0.1, 0.15) is 5.82 Å². The van der Waals surface area contributed by atoms with Crippen molar-refractivity contribution < 1.29 is 9.18 Å². The number of benzene rings is 2. The van der Waals surface area contributed by atoms with Gasteiger partial charge in [0, 0.05) is 5.92 Å². The monoisotopic (exact) mass is 270 g/mol. The number of anilines is 2. The first-order valence-corrected chi connectivity index (χ1v) is 6.56. The molecular weight excluding hydrogens is 255 g/mol. The second-order valence-corrected chi connectivity index (χ2v) is 5.08. The van der Waals surface area contributed by atoms with Crippen LogP contribution in [-0.4, -0.2) is 5.91 Å². The van der Waals surface area contributed by atoms with E-state index in [-0.39, 0.29) is 17.7 Å². The number of rotatable bonds is 3. The lowest BCUT2D eigenvalue weighted by Crippen LogP contribution is -2.15. The molecule has 0 bridgehead atoms. The summed E-state index contributed by atoms with van der Waals surface area (Å²) in [6, 6.07) is 13.9. The molecule has 0 spiro atoms. The van der Waals surface area contributed by atoms with Crippen molar-refractivity contribution in [1.82, 2.24) is 0 Å². The minimum absolute atomic E-state index is 0.0555. The van der Waals surface area contributed by atoms with Crippen molar-refractivity contribution in [2.75, 3.05) is 11.1 Å². The van der Waals surface area contributed by atoms with Crippen LogP contribution in [0.15, 0.2) is 48.5 Å². The SMILES string of the molecule is Nc1ccc(F)cc1NC(=O)C1CC1c1ccccc1. The molecule has 0 heterocycles. The van der Waals surface area contributed by atoms with Crippen LogP contribution >= 0.6 is 0 Å². The van der Waals surface area contributed by atoms with E-state index in [9.17, 15) is 9.18 Å². The molecular formula is C16H15FN2O. The first-order valence-electron chi connectivity index (χ1n) is 6.56. The van der Waals surface area contributed by atoms with E-state index in [1.807, 2.05) is 30.3 Å². The first-order chi connectivity index (χ1) is 9.65. The van der Waals surface area contributed by atoms with Gasteiger partial charge in [0.25, 0.3) is 0 Å². The molecule has 0 radical (unpaired) electrons. The molecule has 4 heteroatoms. The minimum atomic E-state index is -0.412. The highest BCUT2D eigenvalue weighted by molar-refractivity contribution is 5.97. The molecule has 1 amide bonds. The molecule has 2 unspecified atom stereocenters. The van der Waals surface area contributed by atoms with Gasteiger partial charge in [-0.2, -0.15) is 0 Å². The number of hydrogen-bond donors (Lipinski definition) is 2. The molecule has 2 atom stereocenters. The summed E-state index contributed by atoms with van der Waals surface area (Å²) in [7, 11) is 0. The number of halogens is 1. The average molecular weight is 270 g/mol. The number of hydrogen-bond acceptors (Lipinski definition) is 2. The lowest BCUT2D eigenvalue weighted by molar-refractivity contribution is -0.117. The van der Waals surface area contributed by atoms with E-state index in [0.717, 1.165) is 6.42 Å². The van der Waals surface area contributed by atoms with E-state index < -0.39 is 5.82 Å². The molecule has 1 aliphatic rings. The van der Waals surface area contributed by atoms with E-state index in [4.69, 9.17) is 5.73 Å². The van der Waals surface area contributed by atoms with Crippen molar-refractivity contribution in [3.63, 3.8) is 0 Å². The topological polar surface area (TPSA) is 55.1 Å². The lowest BCUT2D eigenvalue weighted by Gasteiger charge is -2.08. The molecule has 3 nitrogen and oxygen atoms in total. The molecule has 3 rings (SSSR count). The van der Waals surface area contributed by atoms with Gasteiger partial charge in [0.2, 0.25) is 5.91 Å². The Morgan fingerprint density at radius 1 is 1.20 bits per heavy atom. The Labute approximate surface area is 116 Å². The van der Waals surface area contributed by atoms with E-state index in [0.29, 0.717) is 11.4 Å². The number of carbonyl (C=O) groups excluding carboxylic acids is 1. The normalized spacial score (nSPS) is 20.4. The van der Waals surface area contributed by atoms with Crippen molar-refractivity contribution in [2.24, 2.45) is 5.92 Å². The Morgan fingerprint density at radius 2 is 1.95 bits per heavy atom. The molecule has 102 valence electrons. The third-order valence-corrected chi connectivity index (χ3v) is 3.63. The van der Waals surface area contributed by atoms with Crippen LogP contribution in [-0.2, 0) is 4.79 Å². The lowest BCUT2D eigenvalue weighted by atomic mass is 10.1. The van der Waals surface area contributed by atoms with Gasteiger partial charge in [-0.3, -0.25) is 4.79 Å². The molecule has 2 aromatic rings. The summed E-state index contributed by atoms with van der Waals surface area (Å²) in [6.45, 7) is 0. The Kier molecular flexibility index (Phi) is 3.14. The highest BCUT2D eigenvalue weighted by atomic mass is 19.1. The van der Waals surface area contributed by atoms with Crippen LogP contribution in [0.2, 0.25) is 0 Å². The van der Waals surface area contributed by atoms with Crippen molar-refractivity contribution >= 4 is 17.3 Å². The maximum atomic E-state index is 13.1. The quantitative estimate of drug-likeness (QED) is 0.842. The molecule has 1 saturated carbocycles. The molecule has 1 fully saturated rings. The Hall–Kier alpha value is -2.36. The average Bonchev–Trinajstić information content (AvgIpc) is 3.24. The van der Waals surface area contributed by atoms with Gasteiger partial charge in [0.05, 0.1) is 11.4 Å². The molecule has 1 aliphatic carbocycles. The minimum Gasteiger partial charge on any atom is -0.397 e. The number of nitrogens with one attached hydrogen (secondary N) is 1. The standard InChI is InChI=1S/C16H15FN2O/c17-11-6-7-14(18)15(8-11)19-16(20)13-9-12(13)10-4-2-1-3-5-10/h1-8,12-13H,9,18H2,(H,19,20). The van der Waals surface area contributed by atoms with Crippen molar-refractivity contribution in [3.05, 3.63) is 59.9 Å². The maximum absolute atomic E-state index is 13.1. The summed E-state index contributed by atoms with van der Waals surface area (Å²) < 4.78 is 13.1. The van der Waals surface area contributed by atoms with E-state index in [2.05, 4.69) is 5.32 Å². The van der Waals surface area contributed by atoms with Crippen LogP contribution in [0.3, 0.4) is 0 Å². The van der Waals surface area contributed by atoms with E-state index in [1.54, 1.807) is 0 Å². The Balaban J connectivity index is 1.68. The van der Waals surface area contributed by atoms with Crippen molar-refractivity contribution in [1.29, 1.82) is 0 Å². The summed E-state index contributed by atoms with van der Waals surface area (Å²) in [4.78, 5) is 12.1. The Bertz CT molecular complexity index is 642. The fraction of sp³-hybridized carbons (Fsp3) is 0.188. The highest BCUT2D eigenvalue weighted by Crippen LogP contribution is 2.48. The third kappa shape index (κ3) is 2.50. The van der Waals surface area contributed by atoms with Crippen LogP contribution < -0.4 is 11.1 Å². The second kappa shape index (κ2) is 4.96. The van der Waals surface area contributed by atoms with Gasteiger partial charge in [-0.25, -0.2) is 4.39 Å². The predicted molar refractivity (Wildman–Crippen MR) is 76.7 cm³/mol. The zero-order valence-corrected chi connectivity index (χ0v) is 10.8. The van der Waals surface area contributed by atoms with Crippen molar-refractivity contribution in [2.45, 2.75) is 12.3 Å². The van der Waals surface area contributed by atoms with Gasteiger partial charge in [-0.1, -0.05) is 30.3 Å². The number of amides is 1. The van der Waals surface area contributed by atoms with Gasteiger partial charge >= 0.3 is 0 Å². The molecule has 0 aromatic heterocycles. The van der Waals surface area contributed by atoms with Gasteiger partial charge in [-0.15, -0.1) is 0 Å². The largest absolute Gasteiger partial charge is 0.397 e. The maximum Gasteiger partial charge on any atom is 0.228 e. The summed E-state index contributed by atoms with van der Waals surface area (Å²) in [5, 5.41) is 2.71. The van der Waals surface area contributed by atoms with Crippen LogP contribution in [0.25, 0.3) is 0 Å². The summed E-state index contributed by atoms with van der Waals surface area (Å²) in [6.07, 6.45) is 0.824. The smallest absolute Gasteiger partial charge is 0.228 e. The number of carbonyl (C=O) groups is 1. The molecule has 2 aromatic carbocycles. The molecule has 0 saturated heterocycles. The van der Waals surface area contributed by atoms with Gasteiger partial charge in [-0.05, 0) is 36.1 Å². The third-order valence-electron chi connectivity index (χ3n) is 3.63. The zero-order chi connectivity index (χ0) is 14.1. The van der Waals surface area contributed by atoms with Gasteiger partial charge in [0.15, 0.2) is 0 Å². The first kappa shape index (κ1) is 12.7. The second-order valence-electron chi connectivity index (χ2n) is 5.08. The summed E-state index contributed by atoms with van der Waals surface area (Å²) in [5.74, 6) is -0.313. The summed E-state index contributed by atoms with van der Waals surface area (Å²) in [5.41, 5.74) is 7.60. The predicted octanol–water partition coefficient (Wildman–Crippen LogP) is 3.15. The number of nitrogens with two attached hydrogens (primary N) is 1. The summed E-state index contributed by atoms with van der Waals surface area (Å²) >= 11 is 0. The van der Waals surface area contributed by atoms with Crippen LogP contribution in [0.5, 0.6) is 0 Å². The zero-order valence-electron chi connectivity index (χ0n) is 10.8. The van der Waals surface area contributed by atoms with E-state index >= 15 is 0 Å². The van der Waals surface area contributed by atoms with Crippen molar-refractivity contribution in [3.8, 4) is 0 Å². The fourth-order valence-corrected chi connectivity index (χ4v) is 2.42. The molecule has 3 N–H and O–H groups in total. The van der Waals surface area contributed by atoms with Gasteiger partial charge < -0.3 is 11.1 Å². The number of nitrogen functional groups attached to an aromatic ring is 1. The Morgan fingerprint density at radius 3 is 2.70 bits per heavy atom.